The second-order valence-corrected chi connectivity index (χ2v) is 5.59. The van der Waals surface area contributed by atoms with Crippen LogP contribution in [0.5, 0.6) is 5.88 Å². The van der Waals surface area contributed by atoms with Crippen molar-refractivity contribution in [2.45, 2.75) is 26.7 Å². The predicted molar refractivity (Wildman–Crippen MR) is 76.7 cm³/mol. The fourth-order valence-corrected chi connectivity index (χ4v) is 2.70. The van der Waals surface area contributed by atoms with E-state index < -0.39 is 0 Å². The molecule has 0 bridgehead atoms. The first-order chi connectivity index (χ1) is 8.60. The summed E-state index contributed by atoms with van der Waals surface area (Å²) in [5, 5.41) is 1.18. The lowest BCUT2D eigenvalue weighted by atomic mass is 10.3. The van der Waals surface area contributed by atoms with Gasteiger partial charge in [-0.25, -0.2) is 4.98 Å². The summed E-state index contributed by atoms with van der Waals surface area (Å²) >= 11 is 7.54. The van der Waals surface area contributed by atoms with Crippen molar-refractivity contribution in [1.82, 2.24) is 9.97 Å². The van der Waals surface area contributed by atoms with E-state index >= 15 is 0 Å². The van der Waals surface area contributed by atoms with Gasteiger partial charge in [-0.2, -0.15) is 4.98 Å². The fraction of sp³-hybridized carbons (Fsp3) is 0.385. The van der Waals surface area contributed by atoms with Crippen molar-refractivity contribution in [1.29, 1.82) is 0 Å². The first-order valence-electron chi connectivity index (χ1n) is 5.83. The van der Waals surface area contributed by atoms with Crippen LogP contribution in [-0.4, -0.2) is 16.6 Å². The molecule has 0 unspecified atom stereocenters. The van der Waals surface area contributed by atoms with Crippen LogP contribution in [0.15, 0.2) is 18.2 Å². The molecule has 2 aromatic rings. The molecule has 0 saturated heterocycles. The van der Waals surface area contributed by atoms with Gasteiger partial charge in [0.05, 0.1) is 12.0 Å². The van der Waals surface area contributed by atoms with Gasteiger partial charge in [0.1, 0.15) is 4.83 Å². The Bertz CT molecular complexity index is 580. The Kier molecular flexibility index (Phi) is 4.19. The third kappa shape index (κ3) is 3.00. The molecule has 0 fully saturated rings. The maximum Gasteiger partial charge on any atom is 0.227 e. The second-order valence-electron chi connectivity index (χ2n) is 4.14. The van der Waals surface area contributed by atoms with Gasteiger partial charge >= 0.3 is 0 Å². The zero-order valence-corrected chi connectivity index (χ0v) is 12.1. The van der Waals surface area contributed by atoms with Gasteiger partial charge in [-0.15, -0.1) is 17.9 Å². The molecule has 0 spiro atoms. The number of aryl methyl sites for hydroxylation is 1. The van der Waals surface area contributed by atoms with Gasteiger partial charge in [0, 0.05) is 11.3 Å². The molecule has 96 valence electrons. The van der Waals surface area contributed by atoms with E-state index in [2.05, 4.69) is 29.5 Å². The molecule has 5 heteroatoms. The van der Waals surface area contributed by atoms with Crippen LogP contribution in [0, 0.1) is 0 Å². The summed E-state index contributed by atoms with van der Waals surface area (Å²) in [6.45, 7) is 8.50. The third-order valence-corrected chi connectivity index (χ3v) is 3.84. The van der Waals surface area contributed by atoms with Crippen molar-refractivity contribution in [3.8, 4) is 5.88 Å². The van der Waals surface area contributed by atoms with E-state index in [0.29, 0.717) is 12.5 Å². The van der Waals surface area contributed by atoms with Crippen LogP contribution in [0.3, 0.4) is 0 Å². The highest BCUT2D eigenvalue weighted by Gasteiger charge is 2.11. The van der Waals surface area contributed by atoms with Crippen LogP contribution in [0.4, 0.5) is 0 Å². The number of fused-ring (bicyclic) bond motifs is 1. The minimum Gasteiger partial charge on any atom is -0.477 e. The lowest BCUT2D eigenvalue weighted by Gasteiger charge is -2.06. The van der Waals surface area contributed by atoms with Crippen LogP contribution >= 0.6 is 22.9 Å². The van der Waals surface area contributed by atoms with E-state index in [-0.39, 0.29) is 5.28 Å². The van der Waals surface area contributed by atoms with Gasteiger partial charge in [-0.3, -0.25) is 0 Å². The first kappa shape index (κ1) is 13.3. The Morgan fingerprint density at radius 2 is 2.28 bits per heavy atom. The number of nitrogens with zero attached hydrogens (tertiary/aromatic N) is 2. The molecule has 0 saturated carbocycles. The van der Waals surface area contributed by atoms with Gasteiger partial charge in [-0.05, 0) is 31.0 Å². The number of rotatable bonds is 5. The maximum absolute atomic E-state index is 5.90. The highest BCUT2D eigenvalue weighted by Crippen LogP contribution is 2.31. The summed E-state index contributed by atoms with van der Waals surface area (Å²) in [7, 11) is 0. The number of ether oxygens (including phenoxy) is 1. The van der Waals surface area contributed by atoms with E-state index in [9.17, 15) is 0 Å². The molecule has 0 amide bonds. The van der Waals surface area contributed by atoms with E-state index in [4.69, 9.17) is 16.3 Å². The van der Waals surface area contributed by atoms with Crippen molar-refractivity contribution >= 4 is 33.2 Å². The van der Waals surface area contributed by atoms with Crippen LogP contribution in [0.1, 0.15) is 25.1 Å². The summed E-state index contributed by atoms with van der Waals surface area (Å²) in [5.74, 6) is 0.571. The number of thiophene rings is 1. The molecule has 2 rings (SSSR count). The van der Waals surface area contributed by atoms with Gasteiger partial charge in [0.2, 0.25) is 11.2 Å². The first-order valence-corrected chi connectivity index (χ1v) is 7.02. The Labute approximate surface area is 115 Å². The van der Waals surface area contributed by atoms with E-state index in [0.717, 1.165) is 28.6 Å². The normalized spacial score (nSPS) is 10.8. The highest BCUT2D eigenvalue weighted by atomic mass is 35.5. The molecular formula is C13H15ClN2OS. The van der Waals surface area contributed by atoms with Crippen molar-refractivity contribution in [2.75, 3.05) is 6.61 Å². The molecule has 0 aliphatic carbocycles. The van der Waals surface area contributed by atoms with E-state index in [1.54, 1.807) is 11.3 Å². The zero-order chi connectivity index (χ0) is 13.1. The summed E-state index contributed by atoms with van der Waals surface area (Å²) in [4.78, 5) is 10.5. The van der Waals surface area contributed by atoms with Gasteiger partial charge in [0.25, 0.3) is 0 Å². The number of halogens is 1. The Morgan fingerprint density at radius 3 is 2.94 bits per heavy atom. The lowest BCUT2D eigenvalue weighted by Crippen LogP contribution is -2.00. The molecule has 0 aliphatic heterocycles. The molecule has 0 aromatic carbocycles. The molecule has 2 heterocycles. The van der Waals surface area contributed by atoms with Crippen LogP contribution < -0.4 is 4.74 Å². The maximum atomic E-state index is 5.90. The number of hydrogen-bond donors (Lipinski definition) is 0. The van der Waals surface area contributed by atoms with E-state index in [1.807, 2.05) is 6.92 Å². The third-order valence-electron chi connectivity index (χ3n) is 2.50. The van der Waals surface area contributed by atoms with Gasteiger partial charge in [-0.1, -0.05) is 12.5 Å². The summed E-state index contributed by atoms with van der Waals surface area (Å²) < 4.78 is 5.68. The quantitative estimate of drug-likeness (QED) is 0.607. The monoisotopic (exact) mass is 282 g/mol. The summed E-state index contributed by atoms with van der Waals surface area (Å²) in [5.41, 5.74) is 1.09. The van der Waals surface area contributed by atoms with Crippen LogP contribution in [0.2, 0.25) is 5.28 Å². The smallest absolute Gasteiger partial charge is 0.227 e. The second kappa shape index (κ2) is 5.67. The van der Waals surface area contributed by atoms with Crippen LogP contribution in [-0.2, 0) is 6.42 Å². The predicted octanol–water partition coefficient (Wildman–Crippen LogP) is 4.25. The van der Waals surface area contributed by atoms with Crippen molar-refractivity contribution in [3.63, 3.8) is 0 Å². The summed E-state index contributed by atoms with van der Waals surface area (Å²) in [6.07, 6.45) is 1.79. The average molecular weight is 283 g/mol. The standard InChI is InChI=1S/C13H15ClN2OS/c1-4-9-7-10-11(17-6-5-8(2)3)15-13(14)16-12(10)18-9/h7H,2,4-6H2,1,3H3. The zero-order valence-electron chi connectivity index (χ0n) is 10.5. The van der Waals surface area contributed by atoms with Crippen molar-refractivity contribution in [3.05, 3.63) is 28.4 Å². The molecule has 0 radical (unpaired) electrons. The topological polar surface area (TPSA) is 35.0 Å². The molecular weight excluding hydrogens is 268 g/mol. The highest BCUT2D eigenvalue weighted by molar-refractivity contribution is 7.18. The molecule has 3 nitrogen and oxygen atoms in total. The minimum atomic E-state index is 0.234. The summed E-state index contributed by atoms with van der Waals surface area (Å²) in [6, 6.07) is 2.08. The lowest BCUT2D eigenvalue weighted by molar-refractivity contribution is 0.313. The number of hydrogen-bond acceptors (Lipinski definition) is 4. The van der Waals surface area contributed by atoms with Gasteiger partial charge < -0.3 is 4.74 Å². The SMILES string of the molecule is C=C(C)CCOc1nc(Cl)nc2sc(CC)cc12. The molecule has 0 N–H and O–H groups in total. The van der Waals surface area contributed by atoms with Crippen molar-refractivity contribution < 1.29 is 4.74 Å². The Morgan fingerprint density at radius 1 is 1.50 bits per heavy atom. The largest absolute Gasteiger partial charge is 0.477 e. The van der Waals surface area contributed by atoms with Crippen molar-refractivity contribution in [2.24, 2.45) is 0 Å². The van der Waals surface area contributed by atoms with Crippen LogP contribution in [0.25, 0.3) is 10.2 Å². The Hall–Kier alpha value is -1.13. The molecule has 2 aromatic heterocycles. The van der Waals surface area contributed by atoms with E-state index in [1.165, 1.54) is 4.88 Å². The number of aromatic nitrogens is 2. The minimum absolute atomic E-state index is 0.234. The van der Waals surface area contributed by atoms with Gasteiger partial charge in [0.15, 0.2) is 0 Å². The fourth-order valence-electron chi connectivity index (χ4n) is 1.53. The average Bonchev–Trinajstić information content (AvgIpc) is 2.71. The molecule has 0 aliphatic rings. The molecule has 0 atom stereocenters. The molecule has 18 heavy (non-hydrogen) atoms. The Balaban J connectivity index is 2.29.